The summed E-state index contributed by atoms with van der Waals surface area (Å²) in [5.41, 5.74) is 2.83. The second kappa shape index (κ2) is 10.8. The van der Waals surface area contributed by atoms with Crippen LogP contribution in [0.1, 0.15) is 52.7 Å². The van der Waals surface area contributed by atoms with Crippen molar-refractivity contribution in [1.82, 2.24) is 5.06 Å². The van der Waals surface area contributed by atoms with Crippen molar-refractivity contribution in [3.63, 3.8) is 0 Å². The highest BCUT2D eigenvalue weighted by Gasteiger charge is 2.42. The Kier molecular flexibility index (Phi) is 8.65. The number of nitrogens with zero attached hydrogens (tertiary/aromatic N) is 1. The topological polar surface area (TPSA) is 55.8 Å². The number of ether oxygens (including phenoxy) is 1. The number of likely N-dealkylation sites (N-methyl/N-ethyl adjacent to an activating group) is 1. The molecule has 0 bridgehead atoms. The molecule has 0 atom stereocenters. The number of carbonyl (C=O) groups is 2. The van der Waals surface area contributed by atoms with E-state index in [1.807, 2.05) is 24.3 Å². The zero-order chi connectivity index (χ0) is 24.1. The number of amides is 1. The number of hydrogen-bond acceptors (Lipinski definition) is 4. The van der Waals surface area contributed by atoms with E-state index in [1.165, 1.54) is 12.6 Å². The number of benzene rings is 2. The lowest BCUT2D eigenvalue weighted by Gasteiger charge is -2.37. The summed E-state index contributed by atoms with van der Waals surface area (Å²) in [6.45, 7) is 12.3. The van der Waals surface area contributed by atoms with Gasteiger partial charge in [-0.25, -0.2) is 5.06 Å². The normalized spacial score (nSPS) is 15.4. The summed E-state index contributed by atoms with van der Waals surface area (Å²) in [5, 5.41) is 1.52. The molecule has 0 unspecified atom stereocenters. The number of aryl methyl sites for hydroxylation is 1. The highest BCUT2D eigenvalue weighted by molar-refractivity contribution is 6.35. The van der Waals surface area contributed by atoms with Crippen LogP contribution in [0.25, 0.3) is 16.7 Å². The Morgan fingerprint density at radius 3 is 2.34 bits per heavy atom. The summed E-state index contributed by atoms with van der Waals surface area (Å²) in [7, 11) is 1.52. The van der Waals surface area contributed by atoms with Crippen LogP contribution in [0.15, 0.2) is 48.2 Å². The molecule has 2 aromatic rings. The van der Waals surface area contributed by atoms with Gasteiger partial charge in [-0.15, -0.1) is 0 Å². The summed E-state index contributed by atoms with van der Waals surface area (Å²) in [5.74, 6) is 0.532. The molecular weight excluding hydrogens is 426 g/mol. The number of carbonyl (C=O) groups excluding carboxylic acids is 2. The molecule has 32 heavy (non-hydrogen) atoms. The lowest BCUT2D eigenvalue weighted by Crippen LogP contribution is -2.45. The van der Waals surface area contributed by atoms with Crippen molar-refractivity contribution in [3.05, 3.63) is 64.4 Å². The molecule has 0 saturated heterocycles. The van der Waals surface area contributed by atoms with E-state index in [0.29, 0.717) is 17.1 Å². The quantitative estimate of drug-likeness (QED) is 0.494. The van der Waals surface area contributed by atoms with E-state index >= 15 is 0 Å². The van der Waals surface area contributed by atoms with Gasteiger partial charge in [0, 0.05) is 17.6 Å². The fourth-order valence-corrected chi connectivity index (χ4v) is 3.55. The molecule has 0 N–H and O–H groups in total. The Morgan fingerprint density at radius 1 is 1.12 bits per heavy atom. The van der Waals surface area contributed by atoms with Crippen LogP contribution in [0.2, 0.25) is 5.02 Å². The van der Waals surface area contributed by atoms with Gasteiger partial charge in [0.25, 0.3) is 12.4 Å². The average molecular weight is 458 g/mol. The molecule has 1 amide bonds. The smallest absolute Gasteiger partial charge is 0.298 e. The second-order valence-electron chi connectivity index (χ2n) is 8.80. The minimum absolute atomic E-state index is 0.131. The monoisotopic (exact) mass is 457 g/mol. The molecular formula is C26H32ClNO4. The molecule has 172 valence electrons. The van der Waals surface area contributed by atoms with Crippen molar-refractivity contribution in [2.24, 2.45) is 5.92 Å². The van der Waals surface area contributed by atoms with Crippen LogP contribution in [-0.4, -0.2) is 30.1 Å². The van der Waals surface area contributed by atoms with Crippen molar-refractivity contribution in [2.45, 2.75) is 53.6 Å². The Morgan fingerprint density at radius 2 is 1.75 bits per heavy atom. The van der Waals surface area contributed by atoms with Crippen LogP contribution in [0.5, 0.6) is 0 Å². The maximum absolute atomic E-state index is 12.9. The Bertz CT molecular complexity index is 1010. The molecule has 2 aromatic carbocycles. The van der Waals surface area contributed by atoms with Crippen molar-refractivity contribution < 1.29 is 19.2 Å². The Labute approximate surface area is 195 Å². The highest BCUT2D eigenvalue weighted by Crippen LogP contribution is 2.39. The lowest BCUT2D eigenvalue weighted by atomic mass is 9.92. The average Bonchev–Trinajstić information content (AvgIpc) is 2.72. The van der Waals surface area contributed by atoms with Gasteiger partial charge in [-0.05, 0) is 55.0 Å². The van der Waals surface area contributed by atoms with Gasteiger partial charge in [0.1, 0.15) is 5.60 Å². The van der Waals surface area contributed by atoms with Gasteiger partial charge in [-0.2, -0.15) is 0 Å². The largest absolute Gasteiger partial charge is 0.429 e. The molecule has 0 aromatic heterocycles. The molecule has 1 aliphatic heterocycles. The van der Waals surface area contributed by atoms with Gasteiger partial charge in [0.05, 0.1) is 5.57 Å². The van der Waals surface area contributed by atoms with Crippen molar-refractivity contribution in [3.8, 4) is 11.1 Å². The molecule has 5 nitrogen and oxygen atoms in total. The Hall–Kier alpha value is -2.63. The fourth-order valence-electron chi connectivity index (χ4n) is 3.33. The third kappa shape index (κ3) is 5.99. The molecule has 3 rings (SSSR count). The SMILES string of the molecule is CC(C)C.CCc1cccc(-c2ccc(Cl)c(C3=C(OC=O)C(C)(C)ON(C)C3=O)c2)c1. The van der Waals surface area contributed by atoms with Gasteiger partial charge in [-0.1, -0.05) is 69.6 Å². The van der Waals surface area contributed by atoms with Gasteiger partial charge in [0.15, 0.2) is 5.76 Å². The van der Waals surface area contributed by atoms with E-state index in [9.17, 15) is 9.59 Å². The molecule has 0 spiro atoms. The first-order chi connectivity index (χ1) is 15.0. The molecule has 0 fully saturated rings. The lowest BCUT2D eigenvalue weighted by molar-refractivity contribution is -0.220. The summed E-state index contributed by atoms with van der Waals surface area (Å²) in [6, 6.07) is 13.7. The van der Waals surface area contributed by atoms with E-state index < -0.39 is 11.5 Å². The van der Waals surface area contributed by atoms with Crippen LogP contribution in [0, 0.1) is 5.92 Å². The minimum atomic E-state index is -1.01. The van der Waals surface area contributed by atoms with Crippen LogP contribution < -0.4 is 0 Å². The van der Waals surface area contributed by atoms with Gasteiger partial charge in [0.2, 0.25) is 0 Å². The maximum atomic E-state index is 12.9. The summed E-state index contributed by atoms with van der Waals surface area (Å²) in [4.78, 5) is 29.6. The molecule has 0 saturated carbocycles. The van der Waals surface area contributed by atoms with Gasteiger partial charge >= 0.3 is 0 Å². The summed E-state index contributed by atoms with van der Waals surface area (Å²) in [6.07, 6.45) is 0.922. The predicted molar refractivity (Wildman–Crippen MR) is 129 cm³/mol. The zero-order valence-corrected chi connectivity index (χ0v) is 20.6. The number of halogens is 1. The summed E-state index contributed by atoms with van der Waals surface area (Å²) < 4.78 is 5.19. The third-order valence-corrected chi connectivity index (χ3v) is 5.04. The molecule has 0 radical (unpaired) electrons. The van der Waals surface area contributed by atoms with E-state index in [4.69, 9.17) is 21.2 Å². The van der Waals surface area contributed by atoms with E-state index in [2.05, 4.69) is 39.8 Å². The number of hydrogen-bond donors (Lipinski definition) is 0. The maximum Gasteiger partial charge on any atom is 0.298 e. The second-order valence-corrected chi connectivity index (χ2v) is 9.21. The zero-order valence-electron chi connectivity index (χ0n) is 19.9. The van der Waals surface area contributed by atoms with Crippen molar-refractivity contribution in [1.29, 1.82) is 0 Å². The molecule has 0 aliphatic carbocycles. The van der Waals surface area contributed by atoms with Gasteiger partial charge in [-0.3, -0.25) is 14.4 Å². The van der Waals surface area contributed by atoms with Crippen LogP contribution in [-0.2, 0) is 25.6 Å². The van der Waals surface area contributed by atoms with Crippen LogP contribution in [0.3, 0.4) is 0 Å². The standard InChI is InChI=1S/C22H22ClNO4.C4H10/c1-5-14-7-6-8-15(11-14)16-9-10-18(23)17(12-16)19-20(27-13-25)22(2,3)28-24(4)21(19)26;1-4(2)3/h6-13H,5H2,1-4H3;4H,1-3H3. The molecule has 1 heterocycles. The summed E-state index contributed by atoms with van der Waals surface area (Å²) >= 11 is 6.46. The first-order valence-corrected chi connectivity index (χ1v) is 11.1. The first kappa shape index (κ1) is 25.6. The fraction of sp³-hybridized carbons (Fsp3) is 0.385. The van der Waals surface area contributed by atoms with E-state index in [-0.39, 0.29) is 11.3 Å². The third-order valence-electron chi connectivity index (χ3n) is 4.71. The highest BCUT2D eigenvalue weighted by atomic mass is 35.5. The molecule has 6 heteroatoms. The van der Waals surface area contributed by atoms with Crippen molar-refractivity contribution in [2.75, 3.05) is 7.05 Å². The number of rotatable bonds is 5. The van der Waals surface area contributed by atoms with E-state index in [0.717, 1.165) is 28.5 Å². The predicted octanol–water partition coefficient (Wildman–Crippen LogP) is 6.30. The minimum Gasteiger partial charge on any atom is -0.429 e. The van der Waals surface area contributed by atoms with Crippen LogP contribution >= 0.6 is 11.6 Å². The molecule has 1 aliphatic rings. The van der Waals surface area contributed by atoms with Crippen molar-refractivity contribution >= 4 is 29.6 Å². The van der Waals surface area contributed by atoms with Gasteiger partial charge < -0.3 is 4.74 Å². The Balaban J connectivity index is 0.000000837. The number of hydroxylamine groups is 2. The van der Waals surface area contributed by atoms with Crippen LogP contribution in [0.4, 0.5) is 0 Å². The first-order valence-electron chi connectivity index (χ1n) is 10.7. The van der Waals surface area contributed by atoms with E-state index in [1.54, 1.807) is 19.9 Å².